The maximum absolute atomic E-state index is 10.3. The molecule has 0 aromatic carbocycles. The largest absolute Gasteiger partial charge is 1.00 e. The molecule has 0 bridgehead atoms. The van der Waals surface area contributed by atoms with Crippen LogP contribution in [-0.4, -0.2) is 18.7 Å². The minimum atomic E-state index is -3.99. The van der Waals surface area contributed by atoms with Crippen molar-refractivity contribution < 1.29 is 42.5 Å². The molecule has 0 saturated heterocycles. The Morgan fingerprint density at radius 2 is 1.38 bits per heavy atom. The number of allylic oxidation sites excluding steroid dienone is 1. The van der Waals surface area contributed by atoms with E-state index < -0.39 is 10.1 Å². The fraction of sp³-hybridized carbons (Fsp3) is 0.818. The van der Waals surface area contributed by atoms with Gasteiger partial charge >= 0.3 is 29.6 Å². The molecular weight excluding hydrogens is 235 g/mol. The van der Waals surface area contributed by atoms with E-state index in [1.165, 1.54) is 19.3 Å². The van der Waals surface area contributed by atoms with Crippen LogP contribution in [0.25, 0.3) is 0 Å². The quantitative estimate of drug-likeness (QED) is 0.236. The van der Waals surface area contributed by atoms with E-state index in [4.69, 9.17) is 0 Å². The second-order valence-electron chi connectivity index (χ2n) is 3.81. The predicted molar refractivity (Wildman–Crippen MR) is 61.7 cm³/mol. The molecule has 0 saturated carbocycles. The first-order valence-electron chi connectivity index (χ1n) is 5.61. The van der Waals surface area contributed by atoms with Crippen LogP contribution in [0.4, 0.5) is 0 Å². The number of hydrogen-bond acceptors (Lipinski definition) is 3. The van der Waals surface area contributed by atoms with Crippen molar-refractivity contribution in [1.29, 1.82) is 0 Å². The predicted octanol–water partition coefficient (Wildman–Crippen LogP) is -0.158. The molecule has 0 spiro atoms. The fourth-order valence-corrected chi connectivity index (χ4v) is 2.01. The van der Waals surface area contributed by atoms with Crippen molar-refractivity contribution in [2.75, 3.05) is 5.75 Å². The Morgan fingerprint density at radius 1 is 0.938 bits per heavy atom. The van der Waals surface area contributed by atoms with Gasteiger partial charge in [0.2, 0.25) is 0 Å². The molecule has 0 radical (unpaired) electrons. The van der Waals surface area contributed by atoms with Crippen LogP contribution < -0.4 is 29.6 Å². The van der Waals surface area contributed by atoms with Gasteiger partial charge in [-0.1, -0.05) is 38.2 Å². The van der Waals surface area contributed by atoms with Crippen molar-refractivity contribution in [1.82, 2.24) is 0 Å². The third kappa shape index (κ3) is 17.1. The first-order chi connectivity index (χ1) is 7.06. The van der Waals surface area contributed by atoms with Crippen molar-refractivity contribution in [3.8, 4) is 0 Å². The van der Waals surface area contributed by atoms with Crippen molar-refractivity contribution >= 4 is 10.1 Å². The van der Waals surface area contributed by atoms with Gasteiger partial charge in [0.05, 0.1) is 10.1 Å². The van der Waals surface area contributed by atoms with Crippen molar-refractivity contribution in [2.45, 2.75) is 51.4 Å². The minimum Gasteiger partial charge on any atom is -0.748 e. The molecular formula is C11H21NaO3S. The van der Waals surface area contributed by atoms with E-state index in [1.807, 2.05) is 6.08 Å². The molecule has 5 heteroatoms. The summed E-state index contributed by atoms with van der Waals surface area (Å²) in [5.74, 6) is -0.205. The molecule has 0 fully saturated rings. The van der Waals surface area contributed by atoms with Crippen LogP contribution in [0.1, 0.15) is 51.4 Å². The summed E-state index contributed by atoms with van der Waals surface area (Å²) in [6.45, 7) is 3.66. The maximum Gasteiger partial charge on any atom is 1.00 e. The molecule has 0 aliphatic heterocycles. The molecule has 0 unspecified atom stereocenters. The molecule has 0 N–H and O–H groups in total. The first kappa shape index (κ1) is 19.0. The Hall–Kier alpha value is 0.650. The maximum atomic E-state index is 10.3. The number of rotatable bonds is 10. The van der Waals surface area contributed by atoms with Gasteiger partial charge in [-0.05, 0) is 19.3 Å². The number of unbranched alkanes of at least 4 members (excludes halogenated alkanes) is 7. The Kier molecular flexibility index (Phi) is 14.4. The molecule has 0 aromatic heterocycles. The van der Waals surface area contributed by atoms with Gasteiger partial charge in [-0.2, -0.15) is 0 Å². The summed E-state index contributed by atoms with van der Waals surface area (Å²) in [7, 11) is -3.99. The third-order valence-electron chi connectivity index (χ3n) is 2.30. The zero-order valence-corrected chi connectivity index (χ0v) is 13.1. The monoisotopic (exact) mass is 256 g/mol. The second kappa shape index (κ2) is 12.1. The molecule has 0 aromatic rings. The Balaban J connectivity index is 0. The SMILES string of the molecule is C=CCCCCCCCCCS(=O)(=O)[O-].[Na+]. The summed E-state index contributed by atoms with van der Waals surface area (Å²) in [6, 6.07) is 0. The van der Waals surface area contributed by atoms with Gasteiger partial charge in [0.15, 0.2) is 0 Å². The summed E-state index contributed by atoms with van der Waals surface area (Å²) in [5.41, 5.74) is 0. The van der Waals surface area contributed by atoms with E-state index in [9.17, 15) is 13.0 Å². The van der Waals surface area contributed by atoms with Crippen LogP contribution >= 0.6 is 0 Å². The molecule has 0 heterocycles. The van der Waals surface area contributed by atoms with Gasteiger partial charge in [-0.3, -0.25) is 0 Å². The summed E-state index contributed by atoms with van der Waals surface area (Å²) in [6.07, 6.45) is 10.1. The molecule has 0 atom stereocenters. The Labute approximate surface area is 122 Å². The van der Waals surface area contributed by atoms with E-state index in [0.717, 1.165) is 25.7 Å². The molecule has 0 aliphatic carbocycles. The molecule has 0 rings (SSSR count). The fourth-order valence-electron chi connectivity index (χ4n) is 1.45. The molecule has 90 valence electrons. The van der Waals surface area contributed by atoms with Crippen LogP contribution in [0, 0.1) is 0 Å². The van der Waals surface area contributed by atoms with Crippen LogP contribution in [0.2, 0.25) is 0 Å². The van der Waals surface area contributed by atoms with Gasteiger partial charge in [0.25, 0.3) is 0 Å². The van der Waals surface area contributed by atoms with Gasteiger partial charge in [-0.25, -0.2) is 8.42 Å². The second-order valence-corrected chi connectivity index (χ2v) is 5.34. The van der Waals surface area contributed by atoms with Crippen LogP contribution in [0.5, 0.6) is 0 Å². The van der Waals surface area contributed by atoms with Crippen molar-refractivity contribution in [3.05, 3.63) is 12.7 Å². The van der Waals surface area contributed by atoms with E-state index in [0.29, 0.717) is 6.42 Å². The standard InChI is InChI=1S/C11H22O3S.Na/c1-2-3-4-5-6-7-8-9-10-11-15(12,13)14;/h2H,1,3-11H2,(H,12,13,14);/q;+1/p-1. The average molecular weight is 256 g/mol. The Morgan fingerprint density at radius 3 is 1.81 bits per heavy atom. The smallest absolute Gasteiger partial charge is 0.748 e. The third-order valence-corrected chi connectivity index (χ3v) is 3.09. The van der Waals surface area contributed by atoms with E-state index in [1.54, 1.807) is 0 Å². The van der Waals surface area contributed by atoms with Crippen LogP contribution in [-0.2, 0) is 10.1 Å². The summed E-state index contributed by atoms with van der Waals surface area (Å²) < 4.78 is 30.8. The first-order valence-corrected chi connectivity index (χ1v) is 7.18. The van der Waals surface area contributed by atoms with E-state index in [2.05, 4.69) is 6.58 Å². The van der Waals surface area contributed by atoms with Gasteiger partial charge in [-0.15, -0.1) is 6.58 Å². The molecule has 0 amide bonds. The van der Waals surface area contributed by atoms with Gasteiger partial charge in [0, 0.05) is 5.75 Å². The van der Waals surface area contributed by atoms with Crippen molar-refractivity contribution in [3.63, 3.8) is 0 Å². The molecule has 16 heavy (non-hydrogen) atoms. The van der Waals surface area contributed by atoms with Crippen molar-refractivity contribution in [2.24, 2.45) is 0 Å². The summed E-state index contributed by atoms with van der Waals surface area (Å²) in [4.78, 5) is 0. The van der Waals surface area contributed by atoms with Crippen LogP contribution in [0.15, 0.2) is 12.7 Å². The van der Waals surface area contributed by atoms with E-state index >= 15 is 0 Å². The summed E-state index contributed by atoms with van der Waals surface area (Å²) in [5, 5.41) is 0. The summed E-state index contributed by atoms with van der Waals surface area (Å²) >= 11 is 0. The number of hydrogen-bond donors (Lipinski definition) is 0. The average Bonchev–Trinajstić information content (AvgIpc) is 2.14. The minimum absolute atomic E-state index is 0. The van der Waals surface area contributed by atoms with Gasteiger partial charge in [0.1, 0.15) is 0 Å². The normalized spacial score (nSPS) is 10.8. The molecule has 3 nitrogen and oxygen atoms in total. The topological polar surface area (TPSA) is 57.2 Å². The van der Waals surface area contributed by atoms with Gasteiger partial charge < -0.3 is 4.55 Å². The van der Waals surface area contributed by atoms with Crippen LogP contribution in [0.3, 0.4) is 0 Å². The van der Waals surface area contributed by atoms with E-state index in [-0.39, 0.29) is 35.3 Å². The zero-order valence-electron chi connectivity index (χ0n) is 10.3. The zero-order chi connectivity index (χ0) is 11.6. The Bertz CT molecular complexity index is 250. The molecule has 0 aliphatic rings.